The van der Waals surface area contributed by atoms with Gasteiger partial charge in [0.15, 0.2) is 0 Å². The van der Waals surface area contributed by atoms with Crippen molar-refractivity contribution in [2.45, 2.75) is 117 Å². The van der Waals surface area contributed by atoms with Crippen LogP contribution in [0.15, 0.2) is 130 Å². The van der Waals surface area contributed by atoms with Gasteiger partial charge in [-0.2, -0.15) is 0 Å². The Hall–Kier alpha value is -5.47. The number of methoxy groups -OCH3 is 1. The average molecular weight is 819 g/mol. The molecule has 5 aliphatic rings. The van der Waals surface area contributed by atoms with Gasteiger partial charge in [-0.1, -0.05) is 119 Å². The molecule has 2 aliphatic heterocycles. The Morgan fingerprint density at radius 1 is 0.787 bits per heavy atom. The Bertz CT molecular complexity index is 2550. The van der Waals surface area contributed by atoms with Gasteiger partial charge in [0.05, 0.1) is 18.7 Å². The average Bonchev–Trinajstić information content (AvgIpc) is 3.91. The van der Waals surface area contributed by atoms with Crippen molar-refractivity contribution in [1.82, 2.24) is 19.3 Å². The predicted molar refractivity (Wildman–Crippen MR) is 247 cm³/mol. The molecule has 3 aliphatic carbocycles. The number of rotatable bonds is 14. The number of nitrogens with zero attached hydrogens (tertiary/aromatic N) is 4. The summed E-state index contributed by atoms with van der Waals surface area (Å²) >= 11 is 0. The van der Waals surface area contributed by atoms with Crippen molar-refractivity contribution in [1.29, 1.82) is 0 Å². The summed E-state index contributed by atoms with van der Waals surface area (Å²) in [6, 6.07) is 12.7. The lowest BCUT2D eigenvalue weighted by Gasteiger charge is -2.37. The third kappa shape index (κ3) is 7.41. The van der Waals surface area contributed by atoms with Gasteiger partial charge in [-0.15, -0.1) is 0 Å². The molecular formula is C53H62N4O4. The zero-order valence-corrected chi connectivity index (χ0v) is 37.1. The topological polar surface area (TPSA) is 75.1 Å². The molecule has 2 saturated heterocycles. The van der Waals surface area contributed by atoms with Crippen LogP contribution in [-0.4, -0.2) is 75.5 Å². The van der Waals surface area contributed by atoms with Crippen molar-refractivity contribution in [3.8, 4) is 0 Å². The maximum absolute atomic E-state index is 14.9. The number of carbonyl (C=O) groups is 3. The molecule has 1 saturated carbocycles. The molecule has 318 valence electrons. The lowest BCUT2D eigenvalue weighted by atomic mass is 9.81. The third-order valence-electron chi connectivity index (χ3n) is 13.5. The molecule has 0 bridgehead atoms. The summed E-state index contributed by atoms with van der Waals surface area (Å²) in [5.74, 6) is -0.807. The largest absolute Gasteiger partial charge is 0.383 e. The van der Waals surface area contributed by atoms with E-state index in [0.29, 0.717) is 30.9 Å². The Balaban J connectivity index is 1.36. The molecule has 3 fully saturated rings. The highest BCUT2D eigenvalue weighted by molar-refractivity contribution is 6.30. The molecule has 1 aromatic heterocycles. The Morgan fingerprint density at radius 2 is 1.51 bits per heavy atom. The number of hydrogen-bond acceptors (Lipinski definition) is 5. The van der Waals surface area contributed by atoms with Crippen LogP contribution in [0.3, 0.4) is 0 Å². The van der Waals surface area contributed by atoms with Crippen LogP contribution < -0.4 is 5.35 Å². The van der Waals surface area contributed by atoms with Gasteiger partial charge in [-0.3, -0.25) is 19.4 Å². The molecule has 8 heteroatoms. The van der Waals surface area contributed by atoms with Crippen LogP contribution in [0.25, 0.3) is 27.8 Å². The van der Waals surface area contributed by atoms with Crippen LogP contribution in [0.5, 0.6) is 0 Å². The normalized spacial score (nSPS) is 25.3. The third-order valence-corrected chi connectivity index (χ3v) is 13.5. The maximum Gasteiger partial charge on any atom is 0.334 e. The van der Waals surface area contributed by atoms with E-state index in [1.807, 2.05) is 13.8 Å². The Morgan fingerprint density at radius 3 is 2.23 bits per heavy atom. The van der Waals surface area contributed by atoms with Crippen molar-refractivity contribution >= 4 is 45.6 Å². The van der Waals surface area contributed by atoms with Gasteiger partial charge in [0.2, 0.25) is 0 Å². The van der Waals surface area contributed by atoms with Crippen LogP contribution in [-0.2, 0) is 14.3 Å². The van der Waals surface area contributed by atoms with Crippen molar-refractivity contribution in [2.24, 2.45) is 5.92 Å². The van der Waals surface area contributed by atoms with E-state index in [2.05, 4.69) is 134 Å². The van der Waals surface area contributed by atoms with Gasteiger partial charge in [0.25, 0.3) is 11.8 Å². The van der Waals surface area contributed by atoms with Crippen LogP contribution in [0, 0.1) is 5.92 Å². The highest BCUT2D eigenvalue weighted by Gasteiger charge is 2.47. The van der Waals surface area contributed by atoms with Gasteiger partial charge in [-0.05, 0) is 104 Å². The minimum Gasteiger partial charge on any atom is -0.383 e. The molecule has 4 amide bonds. The van der Waals surface area contributed by atoms with E-state index in [1.54, 1.807) is 7.11 Å². The molecular weight excluding hydrogens is 757 g/mol. The van der Waals surface area contributed by atoms with E-state index < -0.39 is 23.9 Å². The molecule has 5 atom stereocenters. The second-order valence-corrected chi connectivity index (χ2v) is 17.5. The number of allylic oxidation sites excluding steroid dienone is 12. The summed E-state index contributed by atoms with van der Waals surface area (Å²) in [6.07, 6.45) is 29.1. The molecule has 61 heavy (non-hydrogen) atoms. The van der Waals surface area contributed by atoms with Gasteiger partial charge in [0.1, 0.15) is 5.57 Å². The number of ether oxygens (including phenoxy) is 1. The van der Waals surface area contributed by atoms with Gasteiger partial charge < -0.3 is 14.2 Å². The van der Waals surface area contributed by atoms with Crippen molar-refractivity contribution in [2.75, 3.05) is 20.3 Å². The fourth-order valence-corrected chi connectivity index (χ4v) is 10.7. The Kier molecular flexibility index (Phi) is 12.4. The van der Waals surface area contributed by atoms with Gasteiger partial charge in [-0.25, -0.2) is 4.79 Å². The number of carbonyl (C=O) groups excluding carboxylic acids is 3. The number of likely N-dealkylation sites (tertiary alicyclic amines) is 1. The number of amides is 4. The fraction of sp³-hybridized carbons (Fsp3) is 0.415. The lowest BCUT2D eigenvalue weighted by Crippen LogP contribution is -2.60. The molecule has 3 aromatic rings. The Labute approximate surface area is 361 Å². The number of barbiturate groups is 1. The quantitative estimate of drug-likeness (QED) is 0.120. The molecule has 3 heterocycles. The highest BCUT2D eigenvalue weighted by atomic mass is 16.5. The van der Waals surface area contributed by atoms with Crippen LogP contribution in [0.2, 0.25) is 0 Å². The maximum atomic E-state index is 14.9. The zero-order valence-electron chi connectivity index (χ0n) is 37.1. The summed E-state index contributed by atoms with van der Waals surface area (Å²) in [4.78, 5) is 48.9. The van der Waals surface area contributed by atoms with Gasteiger partial charge in [0, 0.05) is 59.0 Å². The summed E-state index contributed by atoms with van der Waals surface area (Å²) in [7, 11) is 1.57. The van der Waals surface area contributed by atoms with Gasteiger partial charge >= 0.3 is 6.03 Å². The summed E-state index contributed by atoms with van der Waals surface area (Å²) < 4.78 is 7.94. The standard InChI is InChI=1S/C53H62N4O4/c1-8-11-32-54-51(58)50(52(59)57(53(54)60)36(6)33-61-7)47-39(28-30-43-41-22-12-18-37-20-14-24-45(48(37)41)55(43)34(4)16-9-2)26-27-40(47)29-31-44-42-23-13-19-38-21-15-25-46(49(38)42)56(44)35(5)17-10-3/h12-15,18-25,28-31,34-36,45,48H,8-11,16-17,26-27,32-33H2,1-7H3/b39-28+,40-29+,43-30-,44-31-,50-47-. The lowest BCUT2D eigenvalue weighted by molar-refractivity contribution is -0.137. The van der Waals surface area contributed by atoms with Crippen molar-refractivity contribution in [3.05, 3.63) is 136 Å². The summed E-state index contributed by atoms with van der Waals surface area (Å²) in [6.45, 7) is 13.3. The van der Waals surface area contributed by atoms with E-state index in [4.69, 9.17) is 4.74 Å². The molecule has 0 N–H and O–H groups in total. The van der Waals surface area contributed by atoms with E-state index in [-0.39, 0.29) is 36.7 Å². The number of urea groups is 1. The first-order valence-corrected chi connectivity index (χ1v) is 22.8. The predicted octanol–water partition coefficient (Wildman–Crippen LogP) is 10.6. The minimum atomic E-state index is -0.573. The number of aromatic nitrogens is 1. The van der Waals surface area contributed by atoms with Crippen LogP contribution >= 0.6 is 0 Å². The monoisotopic (exact) mass is 818 g/mol. The van der Waals surface area contributed by atoms with E-state index in [1.165, 1.54) is 48.3 Å². The SMILES string of the molecule is CCCCN1C(=O)/C(=C2C(=C\C=C3\C4=CC=CC5=CC=CC(C54)N3C(C)CCC)\CCC\2=C/C=c2/c3cccc4cccc(c43)n2C(C)CCC)C(=O)N(C(C)COC)C1=O. The smallest absolute Gasteiger partial charge is 0.334 e. The first-order chi connectivity index (χ1) is 29.6. The first-order valence-electron chi connectivity index (χ1n) is 22.8. The highest BCUT2D eigenvalue weighted by Crippen LogP contribution is 2.48. The summed E-state index contributed by atoms with van der Waals surface area (Å²) in [5.41, 5.74) is 7.59. The molecule has 0 radical (unpaired) electrons. The molecule has 2 aromatic carbocycles. The number of imide groups is 2. The number of hydrogen-bond donors (Lipinski definition) is 0. The molecule has 8 nitrogen and oxygen atoms in total. The molecule has 8 rings (SSSR count). The number of unbranched alkanes of at least 4 members (excludes halogenated alkanes) is 1. The van der Waals surface area contributed by atoms with Crippen LogP contribution in [0.1, 0.15) is 99.0 Å². The van der Waals surface area contributed by atoms with Crippen molar-refractivity contribution in [3.63, 3.8) is 0 Å². The van der Waals surface area contributed by atoms with E-state index in [0.717, 1.165) is 48.6 Å². The number of benzene rings is 2. The zero-order chi connectivity index (χ0) is 42.9. The van der Waals surface area contributed by atoms with Crippen molar-refractivity contribution < 1.29 is 19.1 Å². The molecule has 5 unspecified atom stereocenters. The van der Waals surface area contributed by atoms with Crippen LogP contribution in [0.4, 0.5) is 4.79 Å². The summed E-state index contributed by atoms with van der Waals surface area (Å²) in [5, 5.41) is 4.75. The van der Waals surface area contributed by atoms with E-state index >= 15 is 0 Å². The second-order valence-electron chi connectivity index (χ2n) is 17.5. The minimum absolute atomic E-state index is 0.0720. The molecule has 0 spiro atoms. The second kappa shape index (κ2) is 17.9. The fourth-order valence-electron chi connectivity index (χ4n) is 10.7. The first kappa shape index (κ1) is 42.2. The van der Waals surface area contributed by atoms with E-state index in [9.17, 15) is 14.4 Å².